The van der Waals surface area contributed by atoms with E-state index < -0.39 is 16.7 Å². The number of anilines is 1. The van der Waals surface area contributed by atoms with E-state index in [2.05, 4.69) is 5.32 Å². The smallest absolute Gasteiger partial charge is 0.270 e. The zero-order valence-corrected chi connectivity index (χ0v) is 19.0. The number of nitro benzene ring substituents is 1. The summed E-state index contributed by atoms with van der Waals surface area (Å²) in [4.78, 5) is 37.6. The van der Waals surface area contributed by atoms with E-state index in [1.165, 1.54) is 23.1 Å². The maximum Gasteiger partial charge on any atom is 0.270 e. The quantitative estimate of drug-likeness (QED) is 0.176. The Bertz CT molecular complexity index is 1340. The number of amides is 2. The first-order valence-corrected chi connectivity index (χ1v) is 10.7. The van der Waals surface area contributed by atoms with E-state index in [-0.39, 0.29) is 23.0 Å². The van der Waals surface area contributed by atoms with Crippen molar-refractivity contribution in [2.24, 2.45) is 0 Å². The highest BCUT2D eigenvalue weighted by molar-refractivity contribution is 7.80. The van der Waals surface area contributed by atoms with Crippen molar-refractivity contribution in [1.29, 1.82) is 0 Å². The monoisotopic (exact) mass is 493 g/mol. The molecule has 10 heteroatoms. The maximum atomic E-state index is 13.2. The van der Waals surface area contributed by atoms with Gasteiger partial charge in [0.05, 0.1) is 10.6 Å². The molecule has 3 aromatic carbocycles. The summed E-state index contributed by atoms with van der Waals surface area (Å²) in [5.74, 6) is -0.903. The Morgan fingerprint density at radius 3 is 2.56 bits per heavy atom. The van der Waals surface area contributed by atoms with Crippen LogP contribution in [0.5, 0.6) is 5.75 Å². The van der Waals surface area contributed by atoms with Gasteiger partial charge < -0.3 is 4.74 Å². The molecule has 8 nitrogen and oxygen atoms in total. The van der Waals surface area contributed by atoms with E-state index >= 15 is 0 Å². The topological polar surface area (TPSA) is 102 Å². The van der Waals surface area contributed by atoms with Gasteiger partial charge in [0.2, 0.25) is 0 Å². The highest BCUT2D eigenvalue weighted by atomic mass is 35.5. The van der Waals surface area contributed by atoms with Gasteiger partial charge in [-0.25, -0.2) is 0 Å². The van der Waals surface area contributed by atoms with Crippen molar-refractivity contribution in [3.63, 3.8) is 0 Å². The van der Waals surface area contributed by atoms with Gasteiger partial charge in [-0.15, -0.1) is 0 Å². The zero-order valence-electron chi connectivity index (χ0n) is 17.4. The van der Waals surface area contributed by atoms with E-state index in [0.717, 1.165) is 0 Å². The van der Waals surface area contributed by atoms with Crippen LogP contribution in [0.3, 0.4) is 0 Å². The molecular formula is C24H16ClN3O5S. The second-order valence-corrected chi connectivity index (χ2v) is 8.01. The summed E-state index contributed by atoms with van der Waals surface area (Å²) >= 11 is 11.4. The van der Waals surface area contributed by atoms with Crippen molar-refractivity contribution in [2.45, 2.75) is 6.61 Å². The highest BCUT2D eigenvalue weighted by Gasteiger charge is 2.34. The molecule has 1 aliphatic rings. The van der Waals surface area contributed by atoms with Crippen molar-refractivity contribution < 1.29 is 19.2 Å². The highest BCUT2D eigenvalue weighted by Crippen LogP contribution is 2.29. The lowest BCUT2D eigenvalue weighted by molar-refractivity contribution is -0.384. The molecule has 1 N–H and O–H groups in total. The summed E-state index contributed by atoms with van der Waals surface area (Å²) in [5, 5.41) is 13.9. The van der Waals surface area contributed by atoms with Crippen molar-refractivity contribution >= 4 is 58.2 Å². The molecule has 34 heavy (non-hydrogen) atoms. The standard InChI is InChI=1S/C24H16ClN3O5S/c25-17-9-10-21(33-14-15-5-4-8-19(11-15)28(31)32)16(12-17)13-20-22(29)26-24(34)27(23(20)30)18-6-2-1-3-7-18/h1-13H,14H2,(H,26,29,34)/b20-13-. The van der Waals surface area contributed by atoms with Crippen LogP contribution in [0.4, 0.5) is 11.4 Å². The minimum atomic E-state index is -0.646. The molecule has 0 saturated carbocycles. The molecule has 170 valence electrons. The molecule has 0 bridgehead atoms. The molecule has 2 amide bonds. The molecule has 0 aliphatic carbocycles. The van der Waals surface area contributed by atoms with Crippen LogP contribution < -0.4 is 15.0 Å². The summed E-state index contributed by atoms with van der Waals surface area (Å²) in [6.45, 7) is 0.0276. The van der Waals surface area contributed by atoms with Crippen molar-refractivity contribution in [2.75, 3.05) is 4.90 Å². The van der Waals surface area contributed by atoms with E-state index in [1.807, 2.05) is 0 Å². The van der Waals surface area contributed by atoms with Crippen molar-refractivity contribution in [3.8, 4) is 5.75 Å². The predicted octanol–water partition coefficient (Wildman–Crippen LogP) is 4.66. The summed E-state index contributed by atoms with van der Waals surface area (Å²) in [7, 11) is 0. The summed E-state index contributed by atoms with van der Waals surface area (Å²) in [6.07, 6.45) is 1.38. The predicted molar refractivity (Wildman–Crippen MR) is 132 cm³/mol. The van der Waals surface area contributed by atoms with Crippen LogP contribution in [-0.4, -0.2) is 21.9 Å². The van der Waals surface area contributed by atoms with Crippen LogP contribution >= 0.6 is 23.8 Å². The Kier molecular flexibility index (Phi) is 6.67. The Morgan fingerprint density at radius 2 is 1.82 bits per heavy atom. The number of nitro groups is 1. The number of thiocarbonyl (C=S) groups is 1. The van der Waals surface area contributed by atoms with E-state index in [9.17, 15) is 19.7 Å². The lowest BCUT2D eigenvalue weighted by atomic mass is 10.1. The SMILES string of the molecule is O=C1NC(=S)N(c2ccccc2)C(=O)/C1=C\c1cc(Cl)ccc1OCc1cccc([N+](=O)[O-])c1. The Labute approximate surface area is 204 Å². The van der Waals surface area contributed by atoms with Gasteiger partial charge in [0.1, 0.15) is 17.9 Å². The van der Waals surface area contributed by atoms with Crippen molar-refractivity contribution in [1.82, 2.24) is 5.32 Å². The molecule has 1 fully saturated rings. The van der Waals surface area contributed by atoms with Crippen LogP contribution in [0.1, 0.15) is 11.1 Å². The first-order valence-electron chi connectivity index (χ1n) is 9.95. The number of nitrogens with one attached hydrogen (secondary N) is 1. The molecule has 0 spiro atoms. The third-order valence-corrected chi connectivity index (χ3v) is 5.42. The molecule has 0 atom stereocenters. The fourth-order valence-corrected chi connectivity index (χ4v) is 3.77. The third-order valence-electron chi connectivity index (χ3n) is 4.90. The minimum absolute atomic E-state index is 0.0217. The molecule has 0 aromatic heterocycles. The number of halogens is 1. The zero-order chi connectivity index (χ0) is 24.2. The lowest BCUT2D eigenvalue weighted by Crippen LogP contribution is -2.54. The first-order chi connectivity index (χ1) is 16.3. The van der Waals surface area contributed by atoms with E-state index in [1.54, 1.807) is 60.7 Å². The van der Waals surface area contributed by atoms with Gasteiger partial charge in [0.15, 0.2) is 5.11 Å². The number of carbonyl (C=O) groups excluding carboxylic acids is 2. The number of benzene rings is 3. The number of hydrogen-bond donors (Lipinski definition) is 1. The Hall–Kier alpha value is -4.08. The number of para-hydroxylation sites is 1. The molecule has 4 rings (SSSR count). The van der Waals surface area contributed by atoms with Crippen LogP contribution in [0, 0.1) is 10.1 Å². The summed E-state index contributed by atoms with van der Waals surface area (Å²) in [5.41, 5.74) is 1.27. The summed E-state index contributed by atoms with van der Waals surface area (Å²) < 4.78 is 5.85. The number of nitrogens with zero attached hydrogens (tertiary/aromatic N) is 2. The average Bonchev–Trinajstić information content (AvgIpc) is 2.82. The number of hydrogen-bond acceptors (Lipinski definition) is 6. The fraction of sp³-hybridized carbons (Fsp3) is 0.0417. The van der Waals surface area contributed by atoms with Crippen molar-refractivity contribution in [3.05, 3.63) is 105 Å². The van der Waals surface area contributed by atoms with E-state index in [4.69, 9.17) is 28.6 Å². The second kappa shape index (κ2) is 9.82. The molecule has 0 radical (unpaired) electrons. The molecule has 1 aliphatic heterocycles. The number of carbonyl (C=O) groups is 2. The summed E-state index contributed by atoms with van der Waals surface area (Å²) in [6, 6.07) is 19.5. The van der Waals surface area contributed by atoms with Crippen LogP contribution in [-0.2, 0) is 16.2 Å². The average molecular weight is 494 g/mol. The fourth-order valence-electron chi connectivity index (χ4n) is 3.31. The van der Waals surface area contributed by atoms with Crippen LogP contribution in [0.25, 0.3) is 6.08 Å². The molecule has 3 aromatic rings. The van der Waals surface area contributed by atoms with Gasteiger partial charge in [-0.05, 0) is 54.2 Å². The third kappa shape index (κ3) is 4.95. The normalized spacial score (nSPS) is 14.8. The number of non-ortho nitro benzene ring substituents is 1. The Morgan fingerprint density at radius 1 is 1.06 bits per heavy atom. The van der Waals surface area contributed by atoms with Gasteiger partial charge in [-0.2, -0.15) is 0 Å². The molecule has 1 heterocycles. The van der Waals surface area contributed by atoms with E-state index in [0.29, 0.717) is 27.6 Å². The van der Waals surface area contributed by atoms with Crippen LogP contribution in [0.2, 0.25) is 5.02 Å². The minimum Gasteiger partial charge on any atom is -0.488 e. The van der Waals surface area contributed by atoms with Gasteiger partial charge in [-0.3, -0.25) is 29.9 Å². The largest absolute Gasteiger partial charge is 0.488 e. The lowest BCUT2D eigenvalue weighted by Gasteiger charge is -2.29. The molecule has 1 saturated heterocycles. The van der Waals surface area contributed by atoms with Gasteiger partial charge in [0, 0.05) is 22.7 Å². The molecular weight excluding hydrogens is 478 g/mol. The van der Waals surface area contributed by atoms with Gasteiger partial charge >= 0.3 is 0 Å². The second-order valence-electron chi connectivity index (χ2n) is 7.19. The maximum absolute atomic E-state index is 13.2. The van der Waals surface area contributed by atoms with Gasteiger partial charge in [-0.1, -0.05) is 41.9 Å². The molecule has 0 unspecified atom stereocenters. The number of rotatable bonds is 6. The Balaban J connectivity index is 1.65. The number of ether oxygens (including phenoxy) is 1. The first kappa shape index (κ1) is 23.1. The van der Waals surface area contributed by atoms with Crippen LogP contribution in [0.15, 0.2) is 78.4 Å². The van der Waals surface area contributed by atoms with Gasteiger partial charge in [0.25, 0.3) is 17.5 Å².